The number of para-hydroxylation sites is 2. The summed E-state index contributed by atoms with van der Waals surface area (Å²) in [7, 11) is 0. The van der Waals surface area contributed by atoms with Crippen LogP contribution in [0.2, 0.25) is 0 Å². The summed E-state index contributed by atoms with van der Waals surface area (Å²) in [6.07, 6.45) is 5.00. The van der Waals surface area contributed by atoms with Crippen LogP contribution in [0.5, 0.6) is 0 Å². The van der Waals surface area contributed by atoms with Crippen molar-refractivity contribution in [1.82, 2.24) is 9.55 Å². The molecule has 114 valence electrons. The van der Waals surface area contributed by atoms with E-state index in [4.69, 9.17) is 10.7 Å². The van der Waals surface area contributed by atoms with Crippen LogP contribution in [0.1, 0.15) is 32.6 Å². The van der Waals surface area contributed by atoms with Crippen LogP contribution in [0.3, 0.4) is 0 Å². The lowest BCUT2D eigenvalue weighted by molar-refractivity contribution is 0.594. The minimum atomic E-state index is 0.780. The Morgan fingerprint density at radius 1 is 1.00 bits per heavy atom. The number of aromatic nitrogens is 2. The van der Waals surface area contributed by atoms with Gasteiger partial charge >= 0.3 is 0 Å². The summed E-state index contributed by atoms with van der Waals surface area (Å²) in [6, 6.07) is 16.3. The number of hydrogen-bond donors (Lipinski definition) is 1. The van der Waals surface area contributed by atoms with Crippen LogP contribution in [-0.4, -0.2) is 9.55 Å². The maximum absolute atomic E-state index is 5.94. The van der Waals surface area contributed by atoms with Crippen molar-refractivity contribution in [3.05, 3.63) is 48.5 Å². The van der Waals surface area contributed by atoms with E-state index in [2.05, 4.69) is 35.8 Å². The second kappa shape index (κ2) is 6.65. The van der Waals surface area contributed by atoms with Gasteiger partial charge in [0.25, 0.3) is 0 Å². The van der Waals surface area contributed by atoms with Gasteiger partial charge in [-0.25, -0.2) is 4.98 Å². The van der Waals surface area contributed by atoms with E-state index in [0.29, 0.717) is 0 Å². The molecule has 3 aromatic rings. The summed E-state index contributed by atoms with van der Waals surface area (Å²) in [5, 5.41) is 0. The number of anilines is 1. The molecule has 0 bridgehead atoms. The van der Waals surface area contributed by atoms with Gasteiger partial charge in [0.15, 0.2) is 0 Å². The van der Waals surface area contributed by atoms with E-state index in [-0.39, 0.29) is 0 Å². The van der Waals surface area contributed by atoms with Gasteiger partial charge in [0, 0.05) is 17.8 Å². The molecule has 0 atom stereocenters. The smallest absolute Gasteiger partial charge is 0.141 e. The Morgan fingerprint density at radius 2 is 1.86 bits per heavy atom. The number of hydrogen-bond acceptors (Lipinski definition) is 2. The van der Waals surface area contributed by atoms with E-state index in [1.807, 2.05) is 24.3 Å². The molecule has 1 aromatic heterocycles. The largest absolute Gasteiger partial charge is 0.399 e. The van der Waals surface area contributed by atoms with Crippen LogP contribution in [0.15, 0.2) is 48.5 Å². The number of imidazole rings is 1. The normalized spacial score (nSPS) is 11.1. The highest BCUT2D eigenvalue weighted by molar-refractivity contribution is 5.81. The van der Waals surface area contributed by atoms with Crippen LogP contribution in [0, 0.1) is 0 Å². The number of nitrogen functional groups attached to an aromatic ring is 1. The summed E-state index contributed by atoms with van der Waals surface area (Å²) < 4.78 is 2.33. The standard InChI is InChI=1S/C19H23N3/c1-2-3-4-7-13-22-18-12-6-5-11-17(18)21-19(22)15-9-8-10-16(20)14-15/h5-6,8-12,14H,2-4,7,13,20H2,1H3. The third kappa shape index (κ3) is 2.98. The number of aryl methyl sites for hydroxylation is 1. The SMILES string of the molecule is CCCCCCn1c(-c2cccc(N)c2)nc2ccccc21. The monoisotopic (exact) mass is 293 g/mol. The highest BCUT2D eigenvalue weighted by Crippen LogP contribution is 2.26. The van der Waals surface area contributed by atoms with Crippen molar-refractivity contribution < 1.29 is 0 Å². The fourth-order valence-electron chi connectivity index (χ4n) is 2.90. The topological polar surface area (TPSA) is 43.8 Å². The predicted molar refractivity (Wildman–Crippen MR) is 93.7 cm³/mol. The third-order valence-corrected chi connectivity index (χ3v) is 4.03. The number of nitrogens with two attached hydrogens (primary N) is 1. The Bertz CT molecular complexity index is 758. The van der Waals surface area contributed by atoms with E-state index in [1.54, 1.807) is 0 Å². The predicted octanol–water partition coefficient (Wildman–Crippen LogP) is 4.87. The van der Waals surface area contributed by atoms with E-state index >= 15 is 0 Å². The van der Waals surface area contributed by atoms with Crippen molar-refractivity contribution in [2.75, 3.05) is 5.73 Å². The Balaban J connectivity index is 2.00. The molecule has 1 heterocycles. The number of nitrogens with zero attached hydrogens (tertiary/aromatic N) is 2. The van der Waals surface area contributed by atoms with Gasteiger partial charge in [-0.05, 0) is 30.7 Å². The van der Waals surface area contributed by atoms with E-state index in [1.165, 1.54) is 31.2 Å². The van der Waals surface area contributed by atoms with Crippen molar-refractivity contribution in [1.29, 1.82) is 0 Å². The number of unbranched alkanes of at least 4 members (excludes halogenated alkanes) is 3. The molecule has 3 nitrogen and oxygen atoms in total. The molecule has 0 saturated carbocycles. The first-order valence-corrected chi connectivity index (χ1v) is 8.11. The number of fused-ring (bicyclic) bond motifs is 1. The van der Waals surface area contributed by atoms with Gasteiger partial charge < -0.3 is 10.3 Å². The minimum Gasteiger partial charge on any atom is -0.399 e. The van der Waals surface area contributed by atoms with Crippen LogP contribution < -0.4 is 5.73 Å². The molecular weight excluding hydrogens is 270 g/mol. The second-order valence-corrected chi connectivity index (χ2v) is 5.76. The minimum absolute atomic E-state index is 0.780. The molecule has 0 aliphatic rings. The first-order valence-electron chi connectivity index (χ1n) is 8.11. The van der Waals surface area contributed by atoms with Gasteiger partial charge in [0.05, 0.1) is 11.0 Å². The van der Waals surface area contributed by atoms with Gasteiger partial charge in [-0.15, -0.1) is 0 Å². The molecular formula is C19H23N3. The molecule has 0 amide bonds. The van der Waals surface area contributed by atoms with Gasteiger partial charge in [0.1, 0.15) is 5.82 Å². The van der Waals surface area contributed by atoms with Gasteiger partial charge in [-0.2, -0.15) is 0 Å². The van der Waals surface area contributed by atoms with Crippen molar-refractivity contribution in [2.24, 2.45) is 0 Å². The molecule has 0 spiro atoms. The van der Waals surface area contributed by atoms with Crippen LogP contribution in [-0.2, 0) is 6.54 Å². The second-order valence-electron chi connectivity index (χ2n) is 5.76. The number of rotatable bonds is 6. The highest BCUT2D eigenvalue weighted by Gasteiger charge is 2.12. The summed E-state index contributed by atoms with van der Waals surface area (Å²) >= 11 is 0. The van der Waals surface area contributed by atoms with Crippen molar-refractivity contribution >= 4 is 16.7 Å². The fourth-order valence-corrected chi connectivity index (χ4v) is 2.90. The van der Waals surface area contributed by atoms with Crippen molar-refractivity contribution in [3.63, 3.8) is 0 Å². The maximum Gasteiger partial charge on any atom is 0.141 e. The van der Waals surface area contributed by atoms with Crippen molar-refractivity contribution in [3.8, 4) is 11.4 Å². The Kier molecular flexibility index (Phi) is 4.42. The maximum atomic E-state index is 5.94. The zero-order chi connectivity index (χ0) is 15.4. The fraction of sp³-hybridized carbons (Fsp3) is 0.316. The molecule has 0 radical (unpaired) electrons. The van der Waals surface area contributed by atoms with E-state index < -0.39 is 0 Å². The van der Waals surface area contributed by atoms with E-state index in [9.17, 15) is 0 Å². The average Bonchev–Trinajstić information content (AvgIpc) is 2.90. The molecule has 0 aliphatic heterocycles. The van der Waals surface area contributed by atoms with Gasteiger partial charge in [-0.1, -0.05) is 50.5 Å². The van der Waals surface area contributed by atoms with Crippen LogP contribution in [0.25, 0.3) is 22.4 Å². The molecule has 3 rings (SSSR count). The third-order valence-electron chi connectivity index (χ3n) is 4.03. The molecule has 0 saturated heterocycles. The average molecular weight is 293 g/mol. The molecule has 2 N–H and O–H groups in total. The Morgan fingerprint density at radius 3 is 2.68 bits per heavy atom. The first-order chi connectivity index (χ1) is 10.8. The van der Waals surface area contributed by atoms with E-state index in [0.717, 1.165) is 29.1 Å². The van der Waals surface area contributed by atoms with Gasteiger partial charge in [0.2, 0.25) is 0 Å². The lowest BCUT2D eigenvalue weighted by Crippen LogP contribution is -2.01. The zero-order valence-electron chi connectivity index (χ0n) is 13.1. The first kappa shape index (κ1) is 14.6. The lowest BCUT2D eigenvalue weighted by Gasteiger charge is -2.09. The Labute approximate surface area is 131 Å². The van der Waals surface area contributed by atoms with Crippen LogP contribution >= 0.6 is 0 Å². The zero-order valence-corrected chi connectivity index (χ0v) is 13.1. The number of benzene rings is 2. The molecule has 0 fully saturated rings. The Hall–Kier alpha value is -2.29. The van der Waals surface area contributed by atoms with Crippen LogP contribution in [0.4, 0.5) is 5.69 Å². The van der Waals surface area contributed by atoms with Crippen molar-refractivity contribution in [2.45, 2.75) is 39.2 Å². The summed E-state index contributed by atoms with van der Waals surface area (Å²) in [5.41, 5.74) is 10.1. The summed E-state index contributed by atoms with van der Waals surface area (Å²) in [4.78, 5) is 4.83. The highest BCUT2D eigenvalue weighted by atomic mass is 15.1. The summed E-state index contributed by atoms with van der Waals surface area (Å²) in [6.45, 7) is 3.25. The van der Waals surface area contributed by atoms with Gasteiger partial charge in [-0.3, -0.25) is 0 Å². The lowest BCUT2D eigenvalue weighted by atomic mass is 10.1. The summed E-state index contributed by atoms with van der Waals surface area (Å²) in [5.74, 6) is 1.02. The molecule has 22 heavy (non-hydrogen) atoms. The quantitative estimate of drug-likeness (QED) is 0.520. The molecule has 0 unspecified atom stereocenters. The molecule has 3 heteroatoms. The molecule has 2 aromatic carbocycles. The molecule has 0 aliphatic carbocycles.